The molecule has 3 atom stereocenters. The third kappa shape index (κ3) is 10.4. The number of rotatable bonds is 8. The molecule has 3 aromatic rings. The summed E-state index contributed by atoms with van der Waals surface area (Å²) in [6, 6.07) is 8.58. The molecule has 1 aromatic carbocycles. The SMILES string of the molecule is Cc1nc2n(n1)CC(=O)N[C@@H](C(C)C)CN(C(=O)CN(C)C1CCCC1)CC(=O)N[C@@H](CC(C)C)c1nc(cs1)C(=O)N[C@H]2Cc1ccccc1. The molecule has 1 fully saturated rings. The van der Waals surface area contributed by atoms with E-state index in [9.17, 15) is 19.2 Å². The summed E-state index contributed by atoms with van der Waals surface area (Å²) in [4.78, 5) is 68.3. The van der Waals surface area contributed by atoms with Crippen LogP contribution < -0.4 is 16.0 Å². The molecule has 5 rings (SSSR count). The molecule has 2 bridgehead atoms. The summed E-state index contributed by atoms with van der Waals surface area (Å²) in [7, 11) is 1.97. The number of aromatic nitrogens is 4. The van der Waals surface area contributed by atoms with Crippen LogP contribution in [0.2, 0.25) is 0 Å². The Bertz CT molecular complexity index is 1650. The fourth-order valence-corrected chi connectivity index (χ4v) is 7.75. The molecule has 51 heavy (non-hydrogen) atoms. The smallest absolute Gasteiger partial charge is 0.271 e. The van der Waals surface area contributed by atoms with Gasteiger partial charge in [-0.2, -0.15) is 5.10 Å². The Balaban J connectivity index is 1.51. The first-order valence-electron chi connectivity index (χ1n) is 18.1. The van der Waals surface area contributed by atoms with E-state index in [4.69, 9.17) is 4.98 Å². The number of nitrogens with one attached hydrogen (secondary N) is 3. The number of fused-ring (bicyclic) bond motifs is 3. The quantitative estimate of drug-likeness (QED) is 0.318. The normalized spacial score (nSPS) is 21.3. The van der Waals surface area contributed by atoms with Crippen molar-refractivity contribution in [3.05, 3.63) is 63.6 Å². The molecular weight excluding hydrogens is 667 g/mol. The number of carbonyl (C=O) groups excluding carboxylic acids is 4. The van der Waals surface area contributed by atoms with Gasteiger partial charge in [-0.1, -0.05) is 70.9 Å². The van der Waals surface area contributed by atoms with E-state index in [-0.39, 0.29) is 61.4 Å². The fraction of sp³-hybridized carbons (Fsp3) is 0.595. The molecule has 3 N–H and O–H groups in total. The third-order valence-electron chi connectivity index (χ3n) is 9.68. The maximum Gasteiger partial charge on any atom is 0.271 e. The minimum absolute atomic E-state index is 0.0463. The van der Waals surface area contributed by atoms with Crippen molar-refractivity contribution < 1.29 is 19.2 Å². The van der Waals surface area contributed by atoms with Crippen LogP contribution in [0.1, 0.15) is 105 Å². The molecule has 276 valence electrons. The van der Waals surface area contributed by atoms with Crippen molar-refractivity contribution in [2.24, 2.45) is 11.8 Å². The number of benzene rings is 1. The number of hydrogen-bond donors (Lipinski definition) is 3. The van der Waals surface area contributed by atoms with Crippen molar-refractivity contribution in [1.29, 1.82) is 0 Å². The van der Waals surface area contributed by atoms with Gasteiger partial charge in [-0.3, -0.25) is 24.1 Å². The monoisotopic (exact) mass is 719 g/mol. The molecule has 0 spiro atoms. The van der Waals surface area contributed by atoms with Gasteiger partial charge in [-0.25, -0.2) is 14.6 Å². The minimum Gasteiger partial charge on any atom is -0.350 e. The zero-order valence-corrected chi connectivity index (χ0v) is 31.5. The van der Waals surface area contributed by atoms with Crippen LogP contribution in [0, 0.1) is 18.8 Å². The second-order valence-corrected chi connectivity index (χ2v) is 15.6. The van der Waals surface area contributed by atoms with E-state index < -0.39 is 24.0 Å². The number of thiazole rings is 1. The molecule has 1 saturated carbocycles. The highest BCUT2D eigenvalue weighted by molar-refractivity contribution is 7.09. The molecular formula is C37H53N9O4S. The van der Waals surface area contributed by atoms with Gasteiger partial charge in [-0.15, -0.1) is 11.3 Å². The van der Waals surface area contributed by atoms with Gasteiger partial charge in [0.25, 0.3) is 5.91 Å². The Morgan fingerprint density at radius 1 is 0.961 bits per heavy atom. The van der Waals surface area contributed by atoms with Crippen LogP contribution in [0.15, 0.2) is 35.7 Å². The summed E-state index contributed by atoms with van der Waals surface area (Å²) in [6.45, 7) is 9.89. The number of nitrogens with zero attached hydrogens (tertiary/aromatic N) is 6. The van der Waals surface area contributed by atoms with Gasteiger partial charge in [0, 0.05) is 24.0 Å². The first kappa shape index (κ1) is 38.1. The number of carbonyl (C=O) groups is 4. The highest BCUT2D eigenvalue weighted by Gasteiger charge is 2.31. The number of amides is 4. The largest absolute Gasteiger partial charge is 0.350 e. The van der Waals surface area contributed by atoms with Crippen molar-refractivity contribution in [1.82, 2.24) is 45.5 Å². The molecule has 0 unspecified atom stereocenters. The molecule has 0 saturated heterocycles. The van der Waals surface area contributed by atoms with Crippen molar-refractivity contribution in [2.45, 2.75) is 104 Å². The Hall–Kier alpha value is -4.17. The molecule has 2 aromatic heterocycles. The van der Waals surface area contributed by atoms with Crippen molar-refractivity contribution in [2.75, 3.05) is 26.7 Å². The Morgan fingerprint density at radius 2 is 1.67 bits per heavy atom. The number of hydrogen-bond acceptors (Lipinski definition) is 9. The van der Waals surface area contributed by atoms with Gasteiger partial charge in [0.05, 0.1) is 25.2 Å². The lowest BCUT2D eigenvalue weighted by atomic mass is 10.0. The average Bonchev–Trinajstić information content (AvgIpc) is 3.85. The fourth-order valence-electron chi connectivity index (χ4n) is 6.88. The van der Waals surface area contributed by atoms with Crippen LogP contribution in [-0.2, 0) is 27.3 Å². The summed E-state index contributed by atoms with van der Waals surface area (Å²) in [5.74, 6) is -0.0984. The van der Waals surface area contributed by atoms with Gasteiger partial charge in [0.1, 0.15) is 23.1 Å². The lowest BCUT2D eigenvalue weighted by Gasteiger charge is -2.33. The maximum atomic E-state index is 13.9. The van der Waals surface area contributed by atoms with Crippen LogP contribution in [-0.4, -0.2) is 91.9 Å². The molecule has 4 amide bonds. The first-order chi connectivity index (χ1) is 24.4. The Labute approximate surface area is 305 Å². The van der Waals surface area contributed by atoms with Crippen molar-refractivity contribution >= 4 is 35.0 Å². The number of aryl methyl sites for hydroxylation is 1. The van der Waals surface area contributed by atoms with E-state index in [2.05, 4.69) is 44.8 Å². The lowest BCUT2D eigenvalue weighted by Crippen LogP contribution is -2.53. The Kier molecular flexibility index (Phi) is 13.0. The van der Waals surface area contributed by atoms with E-state index in [1.807, 2.05) is 51.2 Å². The van der Waals surface area contributed by atoms with Crippen LogP contribution >= 0.6 is 11.3 Å². The average molecular weight is 720 g/mol. The zero-order chi connectivity index (χ0) is 36.7. The predicted molar refractivity (Wildman–Crippen MR) is 196 cm³/mol. The van der Waals surface area contributed by atoms with Gasteiger partial charge < -0.3 is 20.9 Å². The van der Waals surface area contributed by atoms with Gasteiger partial charge >= 0.3 is 0 Å². The number of likely N-dealkylation sites (N-methyl/N-ethyl adjacent to an activating group) is 1. The highest BCUT2D eigenvalue weighted by Crippen LogP contribution is 2.26. The predicted octanol–water partition coefficient (Wildman–Crippen LogP) is 3.82. The first-order valence-corrected chi connectivity index (χ1v) is 19.0. The molecule has 2 aliphatic rings. The molecule has 14 heteroatoms. The molecule has 0 radical (unpaired) electrons. The van der Waals surface area contributed by atoms with E-state index in [1.54, 1.807) is 17.2 Å². The second kappa shape index (κ2) is 17.4. The van der Waals surface area contributed by atoms with Crippen molar-refractivity contribution in [3.63, 3.8) is 0 Å². The summed E-state index contributed by atoms with van der Waals surface area (Å²) >= 11 is 1.32. The summed E-state index contributed by atoms with van der Waals surface area (Å²) in [5.41, 5.74) is 1.20. The van der Waals surface area contributed by atoms with Crippen molar-refractivity contribution in [3.8, 4) is 0 Å². The molecule has 13 nitrogen and oxygen atoms in total. The van der Waals surface area contributed by atoms with Gasteiger partial charge in [-0.05, 0) is 57.1 Å². The standard InChI is InChI=1S/C37H53N9O4S/c1-23(2)16-29-37-42-31(22-51-37)36(50)41-28(17-26-12-8-7-9-13-26)35-38-25(5)43-46(35)20-33(48)40-30(24(3)4)18-45(19-32(47)39-29)34(49)21-44(6)27-14-10-11-15-27/h7-9,12-13,22-24,27-30H,10-11,14-21H2,1-6H3,(H,39,47)(H,40,48)(H,41,50)/t28-,29-,30+/m0/s1. The highest BCUT2D eigenvalue weighted by atomic mass is 32.1. The minimum atomic E-state index is -0.616. The van der Waals surface area contributed by atoms with Crippen LogP contribution in [0.4, 0.5) is 0 Å². The van der Waals surface area contributed by atoms with Crippen LogP contribution in [0.5, 0.6) is 0 Å². The Morgan fingerprint density at radius 3 is 2.35 bits per heavy atom. The topological polar surface area (TPSA) is 154 Å². The summed E-state index contributed by atoms with van der Waals surface area (Å²) in [6.07, 6.45) is 5.41. The summed E-state index contributed by atoms with van der Waals surface area (Å²) < 4.78 is 1.54. The zero-order valence-electron chi connectivity index (χ0n) is 30.7. The van der Waals surface area contributed by atoms with Gasteiger partial charge in [0.2, 0.25) is 17.7 Å². The second-order valence-electron chi connectivity index (χ2n) is 14.8. The maximum absolute atomic E-state index is 13.9. The van der Waals surface area contributed by atoms with E-state index in [0.29, 0.717) is 35.5 Å². The molecule has 1 aliphatic carbocycles. The van der Waals surface area contributed by atoms with E-state index >= 15 is 0 Å². The van der Waals surface area contributed by atoms with Crippen LogP contribution in [0.3, 0.4) is 0 Å². The summed E-state index contributed by atoms with van der Waals surface area (Å²) in [5, 5.41) is 16.2. The molecule has 3 heterocycles. The molecule has 1 aliphatic heterocycles. The lowest BCUT2D eigenvalue weighted by molar-refractivity contribution is -0.138. The third-order valence-corrected chi connectivity index (χ3v) is 10.6. The van der Waals surface area contributed by atoms with E-state index in [1.165, 1.54) is 16.0 Å². The van der Waals surface area contributed by atoms with E-state index in [0.717, 1.165) is 31.2 Å². The van der Waals surface area contributed by atoms with Crippen LogP contribution in [0.25, 0.3) is 0 Å². The van der Waals surface area contributed by atoms with Gasteiger partial charge in [0.15, 0.2) is 5.82 Å².